The van der Waals surface area contributed by atoms with Crippen LogP contribution >= 0.6 is 0 Å². The Labute approximate surface area is 348 Å². The Morgan fingerprint density at radius 3 is 1.45 bits per heavy atom. The average molecular weight is 790 g/mol. The van der Waals surface area contributed by atoms with Crippen molar-refractivity contribution in [3.8, 4) is 0 Å². The van der Waals surface area contributed by atoms with Crippen molar-refractivity contribution < 1.29 is 24.5 Å². The molecule has 0 aliphatic heterocycles. The zero-order valence-corrected chi connectivity index (χ0v) is 37.5. The number of unbranched alkanes of at least 4 members (excludes halogenated alkanes) is 28. The number of nitrogens with one attached hydrogen (secondary N) is 1. The first kappa shape index (κ1) is 54.3. The van der Waals surface area contributed by atoms with Gasteiger partial charge >= 0.3 is 5.97 Å². The molecule has 0 aliphatic rings. The molecule has 6 heteroatoms. The topological polar surface area (TPSA) is 95.9 Å². The predicted molar refractivity (Wildman–Crippen MR) is 241 cm³/mol. The average Bonchev–Trinajstić information content (AvgIpc) is 3.19. The molecule has 0 rings (SSSR count). The first-order valence-electron chi connectivity index (χ1n) is 24.6. The van der Waals surface area contributed by atoms with Gasteiger partial charge < -0.3 is 20.3 Å². The van der Waals surface area contributed by atoms with Gasteiger partial charge in [-0.15, -0.1) is 0 Å². The zero-order valence-electron chi connectivity index (χ0n) is 37.5. The van der Waals surface area contributed by atoms with Crippen LogP contribution in [0.1, 0.15) is 258 Å². The number of rotatable bonds is 44. The van der Waals surface area contributed by atoms with E-state index in [9.17, 15) is 19.8 Å². The Morgan fingerprint density at radius 2 is 0.964 bits per heavy atom. The van der Waals surface area contributed by atoms with Crippen LogP contribution in [0.15, 0.2) is 24.3 Å². The number of aliphatic hydroxyl groups excluding tert-OH is 2. The SMILES string of the molecule is CC/C=C/C/C=C/CCCCCCCC(CC(=O)NC(CO)C(O)CCCCCCCCCCCCCCCC)OC(=O)CCCCCCCCCCCCC. The van der Waals surface area contributed by atoms with Crippen LogP contribution < -0.4 is 5.32 Å². The van der Waals surface area contributed by atoms with Crippen molar-refractivity contribution in [1.29, 1.82) is 0 Å². The summed E-state index contributed by atoms with van der Waals surface area (Å²) in [5.41, 5.74) is 0. The Hall–Kier alpha value is -1.66. The number of ether oxygens (including phenoxy) is 1. The third-order valence-corrected chi connectivity index (χ3v) is 11.3. The smallest absolute Gasteiger partial charge is 0.306 e. The van der Waals surface area contributed by atoms with Crippen molar-refractivity contribution in [2.45, 2.75) is 277 Å². The van der Waals surface area contributed by atoms with Crippen molar-refractivity contribution in [2.75, 3.05) is 6.61 Å². The molecule has 3 atom stereocenters. The van der Waals surface area contributed by atoms with E-state index in [1.165, 1.54) is 141 Å². The van der Waals surface area contributed by atoms with Crippen LogP contribution in [0.4, 0.5) is 0 Å². The fourth-order valence-electron chi connectivity index (χ4n) is 7.59. The number of amides is 1. The molecule has 0 aliphatic carbocycles. The van der Waals surface area contributed by atoms with Crippen LogP contribution in [0.2, 0.25) is 0 Å². The molecular formula is C50H95NO5. The van der Waals surface area contributed by atoms with E-state index in [1.807, 2.05) is 0 Å². The molecule has 0 saturated heterocycles. The quantitative estimate of drug-likeness (QED) is 0.0324. The number of allylic oxidation sites excluding steroid dienone is 4. The molecule has 0 bridgehead atoms. The zero-order chi connectivity index (χ0) is 41.0. The van der Waals surface area contributed by atoms with Crippen LogP contribution in [0, 0.1) is 0 Å². The van der Waals surface area contributed by atoms with Crippen molar-refractivity contribution in [3.63, 3.8) is 0 Å². The molecule has 0 fully saturated rings. The van der Waals surface area contributed by atoms with E-state index < -0.39 is 18.2 Å². The van der Waals surface area contributed by atoms with Crippen molar-refractivity contribution in [1.82, 2.24) is 5.32 Å². The van der Waals surface area contributed by atoms with Crippen LogP contribution in [0.25, 0.3) is 0 Å². The summed E-state index contributed by atoms with van der Waals surface area (Å²) in [4.78, 5) is 26.0. The first-order valence-corrected chi connectivity index (χ1v) is 24.6. The number of carbonyl (C=O) groups excluding carboxylic acids is 2. The lowest BCUT2D eigenvalue weighted by Gasteiger charge is -2.24. The molecule has 0 aromatic rings. The second-order valence-electron chi connectivity index (χ2n) is 16.8. The molecule has 3 N–H and O–H groups in total. The minimum Gasteiger partial charge on any atom is -0.462 e. The van der Waals surface area contributed by atoms with Gasteiger partial charge in [-0.25, -0.2) is 0 Å². The van der Waals surface area contributed by atoms with E-state index in [4.69, 9.17) is 4.74 Å². The number of aliphatic hydroxyl groups is 2. The molecule has 330 valence electrons. The minimum absolute atomic E-state index is 0.0728. The summed E-state index contributed by atoms with van der Waals surface area (Å²) in [6, 6.07) is -0.700. The van der Waals surface area contributed by atoms with Crippen molar-refractivity contribution in [2.24, 2.45) is 0 Å². The van der Waals surface area contributed by atoms with E-state index in [0.717, 1.165) is 70.6 Å². The minimum atomic E-state index is -0.786. The molecule has 0 spiro atoms. The van der Waals surface area contributed by atoms with Gasteiger partial charge in [0.15, 0.2) is 0 Å². The fourth-order valence-corrected chi connectivity index (χ4v) is 7.59. The lowest BCUT2D eigenvalue weighted by Crippen LogP contribution is -2.46. The molecule has 0 aromatic carbocycles. The number of carbonyl (C=O) groups is 2. The fraction of sp³-hybridized carbons (Fsp3) is 0.880. The third-order valence-electron chi connectivity index (χ3n) is 11.3. The van der Waals surface area contributed by atoms with Gasteiger partial charge in [-0.1, -0.05) is 218 Å². The Balaban J connectivity index is 4.53. The van der Waals surface area contributed by atoms with E-state index in [0.29, 0.717) is 19.3 Å². The molecule has 0 aromatic heterocycles. The summed E-state index contributed by atoms with van der Waals surface area (Å²) in [5.74, 6) is -0.479. The summed E-state index contributed by atoms with van der Waals surface area (Å²) in [5, 5.41) is 23.7. The summed E-state index contributed by atoms with van der Waals surface area (Å²) in [6.07, 6.45) is 49.5. The maximum absolute atomic E-state index is 13.2. The molecule has 56 heavy (non-hydrogen) atoms. The van der Waals surface area contributed by atoms with Gasteiger partial charge in [0.25, 0.3) is 0 Å². The summed E-state index contributed by atoms with van der Waals surface area (Å²) >= 11 is 0. The Morgan fingerprint density at radius 1 is 0.536 bits per heavy atom. The van der Waals surface area contributed by atoms with Crippen LogP contribution in [0.5, 0.6) is 0 Å². The number of hydrogen-bond acceptors (Lipinski definition) is 5. The molecule has 6 nitrogen and oxygen atoms in total. The molecular weight excluding hydrogens is 695 g/mol. The van der Waals surface area contributed by atoms with E-state index in [2.05, 4.69) is 50.4 Å². The van der Waals surface area contributed by atoms with Gasteiger partial charge in [0.1, 0.15) is 6.10 Å². The highest BCUT2D eigenvalue weighted by atomic mass is 16.5. The van der Waals surface area contributed by atoms with Gasteiger partial charge in [-0.3, -0.25) is 9.59 Å². The maximum Gasteiger partial charge on any atom is 0.306 e. The highest BCUT2D eigenvalue weighted by Crippen LogP contribution is 2.18. The second kappa shape index (κ2) is 44.4. The summed E-state index contributed by atoms with van der Waals surface area (Å²) < 4.78 is 5.91. The van der Waals surface area contributed by atoms with E-state index >= 15 is 0 Å². The van der Waals surface area contributed by atoms with Gasteiger partial charge in [-0.2, -0.15) is 0 Å². The standard InChI is InChI=1S/C50H95NO5/c1-4-7-10-13-16-19-22-24-25-28-30-33-36-39-42-48(53)47(45-52)51-49(54)44-46(41-38-35-32-29-27-23-20-17-14-11-8-5-2)56-50(55)43-40-37-34-31-26-21-18-15-12-9-6-3/h8,11,17,20,46-48,52-53H,4-7,9-10,12-16,18-19,21-45H2,1-3H3,(H,51,54)/b11-8+,20-17+. The second-order valence-corrected chi connectivity index (χ2v) is 16.8. The van der Waals surface area contributed by atoms with Gasteiger partial charge in [0.2, 0.25) is 5.91 Å². The molecule has 0 heterocycles. The van der Waals surface area contributed by atoms with Crippen LogP contribution in [-0.2, 0) is 14.3 Å². The monoisotopic (exact) mass is 790 g/mol. The lowest BCUT2D eigenvalue weighted by atomic mass is 10.0. The lowest BCUT2D eigenvalue weighted by molar-refractivity contribution is -0.151. The molecule has 1 amide bonds. The Kier molecular flexibility index (Phi) is 43.1. The molecule has 0 radical (unpaired) electrons. The highest BCUT2D eigenvalue weighted by Gasteiger charge is 2.24. The molecule has 0 saturated carbocycles. The van der Waals surface area contributed by atoms with Gasteiger partial charge in [-0.05, 0) is 51.4 Å². The number of esters is 1. The van der Waals surface area contributed by atoms with E-state index in [1.54, 1.807) is 0 Å². The van der Waals surface area contributed by atoms with Gasteiger partial charge in [0, 0.05) is 6.42 Å². The summed E-state index contributed by atoms with van der Waals surface area (Å²) in [7, 11) is 0. The first-order chi connectivity index (χ1) is 27.5. The van der Waals surface area contributed by atoms with Crippen LogP contribution in [0.3, 0.4) is 0 Å². The van der Waals surface area contributed by atoms with Gasteiger partial charge in [0.05, 0.1) is 25.2 Å². The highest BCUT2D eigenvalue weighted by molar-refractivity contribution is 5.77. The van der Waals surface area contributed by atoms with Crippen molar-refractivity contribution >= 4 is 11.9 Å². The van der Waals surface area contributed by atoms with E-state index in [-0.39, 0.29) is 24.9 Å². The predicted octanol–water partition coefficient (Wildman–Crippen LogP) is 14.3. The normalized spacial score (nSPS) is 13.4. The molecule has 3 unspecified atom stereocenters. The largest absolute Gasteiger partial charge is 0.462 e. The Bertz CT molecular complexity index is 889. The van der Waals surface area contributed by atoms with Crippen LogP contribution in [-0.4, -0.2) is 46.9 Å². The number of hydrogen-bond donors (Lipinski definition) is 3. The third kappa shape index (κ3) is 39.2. The maximum atomic E-state index is 13.2. The summed E-state index contributed by atoms with van der Waals surface area (Å²) in [6.45, 7) is 6.37. The van der Waals surface area contributed by atoms with Crippen molar-refractivity contribution in [3.05, 3.63) is 24.3 Å².